The zero-order valence-electron chi connectivity index (χ0n) is 12.1. The van der Waals surface area contributed by atoms with Crippen molar-refractivity contribution in [1.29, 1.82) is 5.26 Å². The minimum atomic E-state index is -1.02. The van der Waals surface area contributed by atoms with Gasteiger partial charge in [0, 0.05) is 30.1 Å². The Kier molecular flexibility index (Phi) is 4.03. The lowest BCUT2D eigenvalue weighted by atomic mass is 9.35. The fourth-order valence-corrected chi connectivity index (χ4v) is 2.89. The summed E-state index contributed by atoms with van der Waals surface area (Å²) in [6, 6.07) is 2.09. The van der Waals surface area contributed by atoms with Crippen molar-refractivity contribution in [2.45, 2.75) is 37.5 Å². The van der Waals surface area contributed by atoms with Gasteiger partial charge in [-0.2, -0.15) is 0 Å². The Morgan fingerprint density at radius 2 is 1.91 bits per heavy atom. The van der Waals surface area contributed by atoms with Gasteiger partial charge in [-0.3, -0.25) is 14.9 Å². The third-order valence-corrected chi connectivity index (χ3v) is 4.22. The van der Waals surface area contributed by atoms with Crippen LogP contribution >= 0.6 is 0 Å². The smallest absolute Gasteiger partial charge is 0.275 e. The molecule has 2 heterocycles. The Balaban J connectivity index is 1.77. The van der Waals surface area contributed by atoms with Crippen LogP contribution in [0.3, 0.4) is 0 Å². The molecule has 0 aromatic heterocycles. The number of carbonyl (C=O) groups excluding carboxylic acids is 2. The number of halogens is 2. The molecule has 1 aromatic rings. The molecular formula is C15H13BF2N2O3. The summed E-state index contributed by atoms with van der Waals surface area (Å²) < 4.78 is 33.9. The van der Waals surface area contributed by atoms with Crippen LogP contribution in [0.1, 0.15) is 24.3 Å². The fraction of sp³-hybridized carbons (Fsp3) is 0.400. The molecule has 1 N–H and O–H groups in total. The largest absolute Gasteiger partial charge is 0.492 e. The fourth-order valence-electron chi connectivity index (χ4n) is 2.89. The van der Waals surface area contributed by atoms with Gasteiger partial charge in [-0.25, -0.2) is 14.0 Å². The van der Waals surface area contributed by atoms with Crippen LogP contribution in [0.5, 0.6) is 5.75 Å². The highest BCUT2D eigenvalue weighted by molar-refractivity contribution is 6.70. The number of rotatable bonds is 3. The summed E-state index contributed by atoms with van der Waals surface area (Å²) in [6.45, 7) is -0.0718. The molecule has 118 valence electrons. The first-order chi connectivity index (χ1) is 11.0. The molecule has 0 saturated carbocycles. The Morgan fingerprint density at radius 3 is 2.48 bits per heavy atom. The van der Waals surface area contributed by atoms with E-state index in [9.17, 15) is 18.4 Å². The Hall–Kier alpha value is -2.43. The number of imide groups is 1. The minimum Gasteiger partial charge on any atom is -0.492 e. The van der Waals surface area contributed by atoms with E-state index in [2.05, 4.69) is 11.3 Å². The highest BCUT2D eigenvalue weighted by Crippen LogP contribution is 2.33. The first kappa shape index (κ1) is 15.5. The van der Waals surface area contributed by atoms with Crippen LogP contribution < -0.4 is 10.1 Å². The number of carbonyl (C=O) groups is 2. The molecule has 0 aliphatic carbocycles. The van der Waals surface area contributed by atoms with Crippen molar-refractivity contribution >= 4 is 18.5 Å². The molecule has 2 saturated heterocycles. The topological polar surface area (TPSA) is 79.2 Å². The van der Waals surface area contributed by atoms with E-state index in [0.29, 0.717) is 12.6 Å². The Bertz CT molecular complexity index is 690. The average Bonchev–Trinajstić information content (AvgIpc) is 2.44. The number of nitriles is 1. The molecule has 3 rings (SSSR count). The van der Waals surface area contributed by atoms with Crippen LogP contribution in [0.2, 0.25) is 12.6 Å². The van der Waals surface area contributed by atoms with E-state index in [1.807, 2.05) is 0 Å². The highest BCUT2D eigenvalue weighted by Gasteiger charge is 2.36. The normalized spacial score (nSPS) is 21.4. The molecule has 2 fully saturated rings. The van der Waals surface area contributed by atoms with Crippen molar-refractivity contribution in [3.05, 3.63) is 29.3 Å². The monoisotopic (exact) mass is 318 g/mol. The van der Waals surface area contributed by atoms with Crippen molar-refractivity contribution in [2.75, 3.05) is 0 Å². The van der Waals surface area contributed by atoms with Gasteiger partial charge in [-0.05, 0) is 19.1 Å². The van der Waals surface area contributed by atoms with Crippen LogP contribution in [-0.4, -0.2) is 24.6 Å². The molecule has 8 heteroatoms. The van der Waals surface area contributed by atoms with E-state index in [0.717, 1.165) is 12.1 Å². The van der Waals surface area contributed by atoms with Crippen LogP contribution in [0.25, 0.3) is 0 Å². The highest BCUT2D eigenvalue weighted by atomic mass is 19.1. The Morgan fingerprint density at radius 1 is 1.26 bits per heavy atom. The zero-order valence-corrected chi connectivity index (χ0v) is 12.1. The molecule has 5 nitrogen and oxygen atoms in total. The Labute approximate surface area is 131 Å². The molecule has 2 aliphatic rings. The molecule has 1 atom stereocenters. The van der Waals surface area contributed by atoms with E-state index in [1.165, 1.54) is 0 Å². The molecular weight excluding hydrogens is 305 g/mol. The van der Waals surface area contributed by atoms with Crippen molar-refractivity contribution in [3.8, 4) is 11.7 Å². The van der Waals surface area contributed by atoms with Gasteiger partial charge in [-0.1, -0.05) is 0 Å². The first-order valence-corrected chi connectivity index (χ1v) is 7.37. The number of amides is 2. The zero-order chi connectivity index (χ0) is 16.6. The van der Waals surface area contributed by atoms with Gasteiger partial charge < -0.3 is 4.74 Å². The molecule has 0 bridgehead atoms. The number of benzene rings is 1. The second kappa shape index (κ2) is 5.99. The van der Waals surface area contributed by atoms with Crippen LogP contribution in [-0.2, 0) is 9.59 Å². The van der Waals surface area contributed by atoms with Crippen LogP contribution in [0.4, 0.5) is 8.78 Å². The number of ether oxygens (including phenoxy) is 1. The van der Waals surface area contributed by atoms with E-state index in [-0.39, 0.29) is 37.0 Å². The predicted molar refractivity (Wildman–Crippen MR) is 76.9 cm³/mol. The maximum absolute atomic E-state index is 14.2. The van der Waals surface area contributed by atoms with E-state index in [4.69, 9.17) is 10.00 Å². The summed E-state index contributed by atoms with van der Waals surface area (Å²) in [5.41, 5.74) is -0.342. The predicted octanol–water partition coefficient (Wildman–Crippen LogP) is 1.80. The third-order valence-electron chi connectivity index (χ3n) is 4.22. The summed E-state index contributed by atoms with van der Waals surface area (Å²) in [5, 5.41) is 10.8. The molecule has 1 aromatic carbocycles. The van der Waals surface area contributed by atoms with Crippen molar-refractivity contribution in [1.82, 2.24) is 5.32 Å². The summed E-state index contributed by atoms with van der Waals surface area (Å²) in [7, 11) is 0. The number of nitrogens with zero attached hydrogens (tertiary/aromatic N) is 1. The summed E-state index contributed by atoms with van der Waals surface area (Å²) in [5.74, 6) is -1.75. The summed E-state index contributed by atoms with van der Waals surface area (Å²) >= 11 is 0. The van der Waals surface area contributed by atoms with Crippen LogP contribution in [0.15, 0.2) is 12.1 Å². The lowest BCUT2D eigenvalue weighted by molar-refractivity contribution is -0.134. The van der Waals surface area contributed by atoms with Gasteiger partial charge in [0.05, 0.1) is 12.0 Å². The first-order valence-electron chi connectivity index (χ1n) is 7.37. The van der Waals surface area contributed by atoms with Crippen LogP contribution in [0, 0.1) is 22.9 Å². The standard InChI is InChI=1S/C15H13BF2N2O3/c17-11-3-8(23-9-5-16(6-9)7-19)4-12(18)14(11)10-1-2-13(21)20-15(10)22/h3-4,9-10H,1-2,5-6H2,(H,20,21,22). The van der Waals surface area contributed by atoms with E-state index >= 15 is 0 Å². The second-order valence-electron chi connectivity index (χ2n) is 5.84. The number of piperidine rings is 1. The number of hydrogen-bond acceptors (Lipinski definition) is 4. The number of hydrogen-bond donors (Lipinski definition) is 1. The molecule has 1 unspecified atom stereocenters. The third kappa shape index (κ3) is 3.04. The van der Waals surface area contributed by atoms with Gasteiger partial charge >= 0.3 is 0 Å². The summed E-state index contributed by atoms with van der Waals surface area (Å²) in [6.07, 6.45) is 0.972. The van der Waals surface area contributed by atoms with Crippen molar-refractivity contribution in [2.24, 2.45) is 0 Å². The molecule has 0 spiro atoms. The van der Waals surface area contributed by atoms with Gasteiger partial charge in [0.15, 0.2) is 0 Å². The SMILES string of the molecule is N#CB1CC(Oc2cc(F)c(C3CCC(=O)NC3=O)c(F)c2)C1. The van der Waals surface area contributed by atoms with Gasteiger partial charge in [0.2, 0.25) is 11.8 Å². The second-order valence-corrected chi connectivity index (χ2v) is 5.84. The maximum atomic E-state index is 14.2. The quantitative estimate of drug-likeness (QED) is 0.681. The molecule has 2 aliphatic heterocycles. The van der Waals surface area contributed by atoms with E-state index < -0.39 is 29.4 Å². The van der Waals surface area contributed by atoms with Gasteiger partial charge in [0.25, 0.3) is 6.71 Å². The van der Waals surface area contributed by atoms with Crippen molar-refractivity contribution < 1.29 is 23.1 Å². The summed E-state index contributed by atoms with van der Waals surface area (Å²) in [4.78, 5) is 22.9. The maximum Gasteiger partial charge on any atom is 0.275 e. The lowest BCUT2D eigenvalue weighted by Gasteiger charge is -2.29. The van der Waals surface area contributed by atoms with E-state index in [1.54, 1.807) is 0 Å². The van der Waals surface area contributed by atoms with Gasteiger partial charge in [0.1, 0.15) is 17.4 Å². The number of nitrogens with one attached hydrogen (secondary N) is 1. The average molecular weight is 318 g/mol. The minimum absolute atomic E-state index is 0.0393. The van der Waals surface area contributed by atoms with Crippen molar-refractivity contribution in [3.63, 3.8) is 0 Å². The lowest BCUT2D eigenvalue weighted by Crippen LogP contribution is -2.40. The molecule has 2 amide bonds. The molecule has 23 heavy (non-hydrogen) atoms. The molecule has 0 radical (unpaired) electrons. The van der Waals surface area contributed by atoms with Gasteiger partial charge in [-0.15, -0.1) is 0 Å².